The number of aromatic nitrogens is 4. The van der Waals surface area contributed by atoms with E-state index in [0.717, 1.165) is 0 Å². The normalized spacial score (nSPS) is 10.8. The average molecular weight is 250 g/mol. The zero-order valence-corrected chi connectivity index (χ0v) is 10.2. The maximum absolute atomic E-state index is 12.2. The molecule has 0 aliphatic heterocycles. The first-order valence-electron chi connectivity index (χ1n) is 5.51. The predicted octanol–water partition coefficient (Wildman–Crippen LogP) is -2.05. The molecule has 0 unspecified atom stereocenters. The van der Waals surface area contributed by atoms with Gasteiger partial charge in [-0.1, -0.05) is 16.5 Å². The number of hydrogen-bond donors (Lipinski definition) is 2. The highest BCUT2D eigenvalue weighted by Crippen LogP contribution is 2.19. The van der Waals surface area contributed by atoms with Crippen molar-refractivity contribution in [2.45, 2.75) is 26.8 Å². The summed E-state index contributed by atoms with van der Waals surface area (Å²) in [5.74, 6) is 4.42. The van der Waals surface area contributed by atoms with Gasteiger partial charge in [0.2, 0.25) is 0 Å². The van der Waals surface area contributed by atoms with Crippen molar-refractivity contribution in [3.63, 3.8) is 0 Å². The Morgan fingerprint density at radius 2 is 2.39 bits per heavy atom. The van der Waals surface area contributed by atoms with Gasteiger partial charge in [-0.3, -0.25) is 10.2 Å². The molecule has 0 aliphatic rings. The third kappa shape index (κ3) is 1.86. The zero-order valence-electron chi connectivity index (χ0n) is 10.2. The predicted molar refractivity (Wildman–Crippen MR) is 59.1 cm³/mol. The minimum Gasteiger partial charge on any atom is -0.867 e. The summed E-state index contributed by atoms with van der Waals surface area (Å²) < 4.78 is 2.66. The molecule has 3 N–H and O–H groups in total. The van der Waals surface area contributed by atoms with Gasteiger partial charge in [0.05, 0.1) is 5.69 Å². The van der Waals surface area contributed by atoms with Crippen LogP contribution >= 0.6 is 0 Å². The van der Waals surface area contributed by atoms with Crippen molar-refractivity contribution in [2.24, 2.45) is 5.84 Å². The summed E-state index contributed by atoms with van der Waals surface area (Å²) in [5, 5.41) is 20.4. The molecule has 18 heavy (non-hydrogen) atoms. The molecule has 2 aromatic heterocycles. The molecule has 1 amide bonds. The molecule has 0 atom stereocenters. The molecular formula is C10H14N6O2. The lowest BCUT2D eigenvalue weighted by Crippen LogP contribution is -2.47. The molecule has 2 heterocycles. The highest BCUT2D eigenvalue weighted by molar-refractivity contribution is 5.73. The van der Waals surface area contributed by atoms with Crippen molar-refractivity contribution in [3.8, 4) is 5.75 Å². The Hall–Kier alpha value is -2.22. The van der Waals surface area contributed by atoms with Gasteiger partial charge in [-0.05, 0) is 29.8 Å². The van der Waals surface area contributed by atoms with Gasteiger partial charge in [-0.2, -0.15) is 0 Å². The van der Waals surface area contributed by atoms with Gasteiger partial charge >= 0.3 is 5.65 Å². The Morgan fingerprint density at radius 3 is 3.00 bits per heavy atom. The molecule has 0 saturated heterocycles. The van der Waals surface area contributed by atoms with Crippen LogP contribution in [0.2, 0.25) is 0 Å². The van der Waals surface area contributed by atoms with Gasteiger partial charge in [-0.25, -0.2) is 5.84 Å². The zero-order chi connectivity index (χ0) is 13.3. The second kappa shape index (κ2) is 4.57. The summed E-state index contributed by atoms with van der Waals surface area (Å²) in [4.78, 5) is 11.2. The molecule has 0 fully saturated rings. The van der Waals surface area contributed by atoms with Crippen LogP contribution in [0.15, 0.2) is 6.33 Å². The van der Waals surface area contributed by atoms with Crippen molar-refractivity contribution in [1.82, 2.24) is 20.1 Å². The Labute approximate surface area is 103 Å². The number of hydrogen-bond acceptors (Lipinski definition) is 5. The van der Waals surface area contributed by atoms with Crippen LogP contribution in [0, 0.1) is 6.92 Å². The van der Waals surface area contributed by atoms with Crippen LogP contribution in [0.4, 0.5) is 0 Å². The lowest BCUT2D eigenvalue weighted by atomic mass is 10.1. The number of nitrogens with zero attached hydrogens (tertiary/aromatic N) is 4. The van der Waals surface area contributed by atoms with E-state index in [0.29, 0.717) is 17.7 Å². The van der Waals surface area contributed by atoms with Crippen LogP contribution in [-0.2, 0) is 17.8 Å². The van der Waals surface area contributed by atoms with E-state index < -0.39 is 5.91 Å². The third-order valence-electron chi connectivity index (χ3n) is 2.74. The van der Waals surface area contributed by atoms with E-state index in [4.69, 9.17) is 5.84 Å². The second-order valence-electron chi connectivity index (χ2n) is 3.87. The lowest BCUT2D eigenvalue weighted by molar-refractivity contribution is -0.717. The Kier molecular flexibility index (Phi) is 3.11. The van der Waals surface area contributed by atoms with Crippen LogP contribution in [0.3, 0.4) is 0 Å². The number of aryl methyl sites for hydroxylation is 1. The summed E-state index contributed by atoms with van der Waals surface area (Å²) in [6.07, 6.45) is 1.98. The van der Waals surface area contributed by atoms with E-state index in [1.807, 2.05) is 12.3 Å². The maximum atomic E-state index is 12.2. The molecule has 8 nitrogen and oxygen atoms in total. The quantitative estimate of drug-likeness (QED) is 0.282. The van der Waals surface area contributed by atoms with Gasteiger partial charge in [0.25, 0.3) is 12.2 Å². The molecule has 0 radical (unpaired) electrons. The fourth-order valence-electron chi connectivity index (χ4n) is 1.87. The van der Waals surface area contributed by atoms with Crippen molar-refractivity contribution in [2.75, 3.05) is 0 Å². The first-order chi connectivity index (χ1) is 8.58. The summed E-state index contributed by atoms with van der Waals surface area (Å²) in [6, 6.07) is 0. The molecule has 0 aromatic carbocycles. The highest BCUT2D eigenvalue weighted by atomic mass is 16.3. The number of nitrogens with two attached hydrogens (primary N) is 1. The number of carbonyl (C=O) groups is 1. The van der Waals surface area contributed by atoms with E-state index in [9.17, 15) is 9.90 Å². The van der Waals surface area contributed by atoms with Crippen molar-refractivity contribution in [1.29, 1.82) is 0 Å². The van der Waals surface area contributed by atoms with Crippen molar-refractivity contribution < 1.29 is 14.6 Å². The Balaban J connectivity index is 2.60. The van der Waals surface area contributed by atoms with E-state index >= 15 is 0 Å². The summed E-state index contributed by atoms with van der Waals surface area (Å²) in [5.41, 5.74) is 3.56. The first kappa shape index (κ1) is 12.2. The monoisotopic (exact) mass is 250 g/mol. The smallest absolute Gasteiger partial charge is 0.322 e. The Bertz CT molecular complexity index is 606. The van der Waals surface area contributed by atoms with Crippen LogP contribution in [0.5, 0.6) is 5.75 Å². The first-order valence-corrected chi connectivity index (χ1v) is 5.51. The fraction of sp³-hybridized carbons (Fsp3) is 0.400. The van der Waals surface area contributed by atoms with E-state index in [1.54, 1.807) is 6.92 Å². The summed E-state index contributed by atoms with van der Waals surface area (Å²) >= 11 is 0. The number of rotatable bonds is 3. The lowest BCUT2D eigenvalue weighted by Gasteiger charge is -2.11. The third-order valence-corrected chi connectivity index (χ3v) is 2.74. The van der Waals surface area contributed by atoms with Gasteiger partial charge < -0.3 is 5.11 Å². The minimum atomic E-state index is -0.432. The molecule has 96 valence electrons. The molecule has 0 saturated carbocycles. The maximum Gasteiger partial charge on any atom is 0.322 e. The number of carbonyl (C=O) groups excluding carboxylic acids is 1. The number of fused-ring (bicyclic) bond motifs is 1. The van der Waals surface area contributed by atoms with Crippen LogP contribution < -0.4 is 21.1 Å². The van der Waals surface area contributed by atoms with E-state index in [1.165, 1.54) is 15.5 Å². The van der Waals surface area contributed by atoms with Crippen molar-refractivity contribution >= 4 is 11.6 Å². The molecule has 0 spiro atoms. The van der Waals surface area contributed by atoms with Crippen LogP contribution in [0.25, 0.3) is 5.65 Å². The number of hydrazine groups is 1. The molecule has 2 aromatic rings. The second-order valence-corrected chi connectivity index (χ2v) is 3.87. The SMILES string of the molecule is CCc1c(C)nn2cn[n+](CC(=O)NN)c2c1[O-]. The van der Waals surface area contributed by atoms with Gasteiger partial charge in [-0.15, -0.1) is 4.68 Å². The average Bonchev–Trinajstić information content (AvgIpc) is 2.72. The topological polar surface area (TPSA) is 112 Å². The van der Waals surface area contributed by atoms with Gasteiger partial charge in [0.1, 0.15) is 0 Å². The van der Waals surface area contributed by atoms with Crippen LogP contribution in [-0.4, -0.2) is 20.6 Å². The molecule has 8 heteroatoms. The summed E-state index contributed by atoms with van der Waals surface area (Å²) in [6.45, 7) is 3.54. The standard InChI is InChI=1S/C10H14N6O2/c1-3-7-6(2)14-16-5-12-15(4-8(17)13-11)10(16)9(7)18/h5,11,14,18H,3-4H2,1-2H3. The van der Waals surface area contributed by atoms with Crippen LogP contribution in [0.1, 0.15) is 18.2 Å². The van der Waals surface area contributed by atoms with Crippen molar-refractivity contribution in [3.05, 3.63) is 17.6 Å². The molecular weight excluding hydrogens is 236 g/mol. The van der Waals surface area contributed by atoms with E-state index in [-0.39, 0.29) is 17.9 Å². The Morgan fingerprint density at radius 1 is 1.67 bits per heavy atom. The largest absolute Gasteiger partial charge is 0.867 e. The minimum absolute atomic E-state index is 0.115. The molecule has 2 rings (SSSR count). The fourth-order valence-corrected chi connectivity index (χ4v) is 1.87. The molecule has 0 bridgehead atoms. The highest BCUT2D eigenvalue weighted by Gasteiger charge is 2.19. The van der Waals surface area contributed by atoms with Gasteiger partial charge in [0, 0.05) is 0 Å². The molecule has 0 aliphatic carbocycles. The number of nitrogens with one attached hydrogen (secondary N) is 1. The van der Waals surface area contributed by atoms with E-state index in [2.05, 4.69) is 10.2 Å². The van der Waals surface area contributed by atoms with Gasteiger partial charge in [0.15, 0.2) is 6.54 Å². The number of amides is 1. The summed E-state index contributed by atoms with van der Waals surface area (Å²) in [7, 11) is 0.